The third-order valence-corrected chi connectivity index (χ3v) is 5.62. The summed E-state index contributed by atoms with van der Waals surface area (Å²) in [7, 11) is 0. The van der Waals surface area contributed by atoms with Crippen molar-refractivity contribution in [1.82, 2.24) is 5.32 Å². The van der Waals surface area contributed by atoms with Gasteiger partial charge in [0.25, 0.3) is 11.6 Å². The first kappa shape index (κ1) is 20.2. The number of nitrogens with zero attached hydrogens (tertiary/aromatic N) is 2. The Morgan fingerprint density at radius 2 is 1.93 bits per heavy atom. The minimum Gasteiger partial charge on any atom is -0.366 e. The van der Waals surface area contributed by atoms with Crippen molar-refractivity contribution in [3.63, 3.8) is 0 Å². The molecule has 0 aliphatic carbocycles. The van der Waals surface area contributed by atoms with Crippen molar-refractivity contribution < 1.29 is 9.72 Å². The zero-order valence-corrected chi connectivity index (χ0v) is 17.6. The van der Waals surface area contributed by atoms with Gasteiger partial charge in [0, 0.05) is 34.9 Å². The van der Waals surface area contributed by atoms with E-state index in [1.54, 1.807) is 12.1 Å². The summed E-state index contributed by atoms with van der Waals surface area (Å²) in [5.74, 6) is -0.498. The first-order valence-corrected chi connectivity index (χ1v) is 9.97. The maximum atomic E-state index is 12.5. The molecule has 2 aromatic rings. The van der Waals surface area contributed by atoms with E-state index in [1.165, 1.54) is 6.07 Å². The van der Waals surface area contributed by atoms with Crippen molar-refractivity contribution >= 4 is 56.2 Å². The van der Waals surface area contributed by atoms with Crippen molar-refractivity contribution in [3.05, 3.63) is 62.1 Å². The highest BCUT2D eigenvalue weighted by atomic mass is 79.9. The second-order valence-corrected chi connectivity index (χ2v) is 7.79. The van der Waals surface area contributed by atoms with E-state index in [0.717, 1.165) is 41.7 Å². The van der Waals surface area contributed by atoms with E-state index in [4.69, 9.17) is 12.2 Å². The van der Waals surface area contributed by atoms with Crippen LogP contribution in [0.25, 0.3) is 0 Å². The molecule has 9 heteroatoms. The topological polar surface area (TPSA) is 87.5 Å². The molecule has 1 amide bonds. The number of nitrogens with one attached hydrogen (secondary N) is 2. The molecule has 1 heterocycles. The lowest BCUT2D eigenvalue weighted by molar-refractivity contribution is -0.384. The summed E-state index contributed by atoms with van der Waals surface area (Å²) in [4.78, 5) is 25.5. The van der Waals surface area contributed by atoms with Crippen LogP contribution in [0.2, 0.25) is 0 Å². The molecular formula is C19H19BrN4O3S. The fraction of sp³-hybridized carbons (Fsp3) is 0.263. The fourth-order valence-electron chi connectivity index (χ4n) is 3.10. The Labute approximate surface area is 176 Å². The second kappa shape index (κ2) is 8.66. The van der Waals surface area contributed by atoms with Crippen LogP contribution in [0.15, 0.2) is 40.9 Å². The molecule has 2 N–H and O–H groups in total. The summed E-state index contributed by atoms with van der Waals surface area (Å²) < 4.78 is 0.971. The van der Waals surface area contributed by atoms with Crippen molar-refractivity contribution in [1.29, 1.82) is 0 Å². The number of hydrogen-bond donors (Lipinski definition) is 2. The van der Waals surface area contributed by atoms with Crippen molar-refractivity contribution in [2.24, 2.45) is 0 Å². The largest absolute Gasteiger partial charge is 0.366 e. The van der Waals surface area contributed by atoms with Gasteiger partial charge in [-0.25, -0.2) is 0 Å². The number of halogens is 1. The van der Waals surface area contributed by atoms with Gasteiger partial charge in [0.15, 0.2) is 5.11 Å². The van der Waals surface area contributed by atoms with E-state index in [-0.39, 0.29) is 16.4 Å². The number of hydrogen-bond acceptors (Lipinski definition) is 5. The Kier molecular flexibility index (Phi) is 6.25. The van der Waals surface area contributed by atoms with Crippen molar-refractivity contribution in [2.75, 3.05) is 23.3 Å². The van der Waals surface area contributed by atoms with Crippen LogP contribution in [0.5, 0.6) is 0 Å². The lowest BCUT2D eigenvalue weighted by Crippen LogP contribution is -2.34. The smallest absolute Gasteiger partial charge is 0.293 e. The summed E-state index contributed by atoms with van der Waals surface area (Å²) >= 11 is 8.62. The highest BCUT2D eigenvalue weighted by Gasteiger charge is 2.24. The van der Waals surface area contributed by atoms with Gasteiger partial charge in [0.1, 0.15) is 5.69 Å². The number of thiocarbonyl (C=S) groups is 1. The maximum Gasteiger partial charge on any atom is 0.293 e. The molecule has 146 valence electrons. The Balaban J connectivity index is 1.72. The number of benzene rings is 2. The van der Waals surface area contributed by atoms with Crippen LogP contribution in [0.4, 0.5) is 17.1 Å². The van der Waals surface area contributed by atoms with Gasteiger partial charge in [0.05, 0.1) is 4.92 Å². The molecule has 28 heavy (non-hydrogen) atoms. The average molecular weight is 463 g/mol. The number of carbonyl (C=O) groups is 1. The Morgan fingerprint density at radius 1 is 1.21 bits per heavy atom. The third kappa shape index (κ3) is 4.66. The fourth-order valence-corrected chi connectivity index (χ4v) is 3.55. The molecule has 1 saturated heterocycles. The van der Waals surface area contributed by atoms with E-state index >= 15 is 0 Å². The summed E-state index contributed by atoms with van der Waals surface area (Å²) in [5.41, 5.74) is 2.42. The first-order chi connectivity index (χ1) is 13.3. The quantitative estimate of drug-likeness (QED) is 0.397. The van der Waals surface area contributed by atoms with Crippen molar-refractivity contribution in [2.45, 2.75) is 19.8 Å². The molecule has 0 atom stereocenters. The van der Waals surface area contributed by atoms with Gasteiger partial charge >= 0.3 is 0 Å². The van der Waals surface area contributed by atoms with Crippen LogP contribution in [0.3, 0.4) is 0 Å². The average Bonchev–Trinajstić information content (AvgIpc) is 3.18. The van der Waals surface area contributed by atoms with Gasteiger partial charge in [-0.15, -0.1) is 0 Å². The van der Waals surface area contributed by atoms with E-state index in [0.29, 0.717) is 5.69 Å². The molecule has 7 nitrogen and oxygen atoms in total. The molecule has 0 radical (unpaired) electrons. The van der Waals surface area contributed by atoms with Gasteiger partial charge in [0.2, 0.25) is 0 Å². The van der Waals surface area contributed by atoms with Gasteiger partial charge in [-0.2, -0.15) is 0 Å². The molecule has 0 aromatic heterocycles. The second-order valence-electron chi connectivity index (χ2n) is 6.53. The van der Waals surface area contributed by atoms with E-state index in [1.807, 2.05) is 30.0 Å². The number of aryl methyl sites for hydroxylation is 1. The van der Waals surface area contributed by atoms with Crippen LogP contribution in [-0.2, 0) is 0 Å². The van der Waals surface area contributed by atoms with E-state index in [2.05, 4.69) is 26.6 Å². The number of rotatable bonds is 4. The summed E-state index contributed by atoms with van der Waals surface area (Å²) in [6.07, 6.45) is 2.02. The van der Waals surface area contributed by atoms with Crippen LogP contribution in [0.1, 0.15) is 28.8 Å². The molecule has 3 rings (SSSR count). The Bertz CT molecular complexity index is 945. The number of anilines is 2. The van der Waals surface area contributed by atoms with E-state index < -0.39 is 10.8 Å². The monoisotopic (exact) mass is 462 g/mol. The number of nitro groups is 1. The SMILES string of the molecule is Cc1cc(NC(=S)NC(=O)c2ccc(N3CCCC3)c([N+](=O)[O-])c2)ccc1Br. The van der Waals surface area contributed by atoms with Crippen LogP contribution >= 0.6 is 28.1 Å². The van der Waals surface area contributed by atoms with Crippen LogP contribution < -0.4 is 15.5 Å². The molecular weight excluding hydrogens is 444 g/mol. The maximum absolute atomic E-state index is 12.5. The van der Waals surface area contributed by atoms with Gasteiger partial charge in [-0.3, -0.25) is 20.2 Å². The zero-order valence-electron chi connectivity index (χ0n) is 15.2. The lowest BCUT2D eigenvalue weighted by atomic mass is 10.1. The minimum atomic E-state index is -0.498. The summed E-state index contributed by atoms with van der Waals surface area (Å²) in [5, 5.41) is 17.1. The number of nitro benzene ring substituents is 1. The van der Waals surface area contributed by atoms with Gasteiger partial charge in [-0.1, -0.05) is 15.9 Å². The predicted octanol–water partition coefficient (Wildman–Crippen LogP) is 4.39. The Hall–Kier alpha value is -2.52. The van der Waals surface area contributed by atoms with E-state index in [9.17, 15) is 14.9 Å². The molecule has 0 saturated carbocycles. The molecule has 0 bridgehead atoms. The van der Waals surface area contributed by atoms with Gasteiger partial charge < -0.3 is 10.2 Å². The van der Waals surface area contributed by atoms with Gasteiger partial charge in [-0.05, 0) is 67.9 Å². The summed E-state index contributed by atoms with van der Waals surface area (Å²) in [6, 6.07) is 10.1. The zero-order chi connectivity index (χ0) is 20.3. The molecule has 2 aromatic carbocycles. The molecule has 1 aliphatic rings. The number of carbonyl (C=O) groups excluding carboxylic acids is 1. The molecule has 1 fully saturated rings. The highest BCUT2D eigenvalue weighted by molar-refractivity contribution is 9.10. The van der Waals surface area contributed by atoms with Crippen LogP contribution in [0, 0.1) is 17.0 Å². The number of amides is 1. The molecule has 0 spiro atoms. The standard InChI is InChI=1S/C19H19BrN4O3S/c1-12-10-14(5-6-15(12)20)21-19(28)22-18(25)13-4-7-16(17(11-13)24(26)27)23-8-2-3-9-23/h4-7,10-11H,2-3,8-9H2,1H3,(H2,21,22,25,28). The lowest BCUT2D eigenvalue weighted by Gasteiger charge is -2.18. The summed E-state index contributed by atoms with van der Waals surface area (Å²) in [6.45, 7) is 3.51. The third-order valence-electron chi connectivity index (χ3n) is 4.52. The normalized spacial score (nSPS) is 13.3. The molecule has 1 aliphatic heterocycles. The highest BCUT2D eigenvalue weighted by Crippen LogP contribution is 2.31. The molecule has 0 unspecified atom stereocenters. The van der Waals surface area contributed by atoms with Crippen LogP contribution in [-0.4, -0.2) is 29.0 Å². The predicted molar refractivity (Wildman–Crippen MR) is 117 cm³/mol. The van der Waals surface area contributed by atoms with Crippen molar-refractivity contribution in [3.8, 4) is 0 Å². The Morgan fingerprint density at radius 3 is 2.57 bits per heavy atom. The minimum absolute atomic E-state index is 0.0723. The first-order valence-electron chi connectivity index (χ1n) is 8.77.